The Morgan fingerprint density at radius 3 is 2.25 bits per heavy atom. The first-order chi connectivity index (χ1) is 9.24. The summed E-state index contributed by atoms with van der Waals surface area (Å²) in [5.41, 5.74) is 1.06. The van der Waals surface area contributed by atoms with Gasteiger partial charge in [0.1, 0.15) is 4.90 Å². The highest BCUT2D eigenvalue weighted by molar-refractivity contribution is 7.89. The van der Waals surface area contributed by atoms with E-state index in [0.717, 1.165) is 12.8 Å². The van der Waals surface area contributed by atoms with E-state index in [-0.39, 0.29) is 17.4 Å². The highest BCUT2D eigenvalue weighted by Gasteiger charge is 2.25. The van der Waals surface area contributed by atoms with E-state index < -0.39 is 16.1 Å². The van der Waals surface area contributed by atoms with Crippen LogP contribution in [0.3, 0.4) is 0 Å². The van der Waals surface area contributed by atoms with Crippen LogP contribution in [-0.2, 0) is 17.1 Å². The van der Waals surface area contributed by atoms with E-state index in [2.05, 4.69) is 9.82 Å². The molecule has 0 spiro atoms. The van der Waals surface area contributed by atoms with Crippen LogP contribution in [0.25, 0.3) is 0 Å². The van der Waals surface area contributed by atoms with Gasteiger partial charge in [-0.15, -0.1) is 0 Å². The Hall–Kier alpha value is -0.920. The van der Waals surface area contributed by atoms with Crippen molar-refractivity contribution < 1.29 is 13.5 Å². The van der Waals surface area contributed by atoms with Crippen molar-refractivity contribution in [3.63, 3.8) is 0 Å². The molecule has 0 fully saturated rings. The van der Waals surface area contributed by atoms with E-state index in [1.807, 2.05) is 13.8 Å². The van der Waals surface area contributed by atoms with E-state index in [9.17, 15) is 13.5 Å². The third-order valence-corrected chi connectivity index (χ3v) is 5.46. The van der Waals surface area contributed by atoms with E-state index >= 15 is 0 Å². The van der Waals surface area contributed by atoms with Crippen LogP contribution in [0.5, 0.6) is 0 Å². The van der Waals surface area contributed by atoms with Crippen molar-refractivity contribution >= 4 is 10.0 Å². The Balaban J connectivity index is 2.86. The third-order valence-electron chi connectivity index (χ3n) is 3.79. The quantitative estimate of drug-likeness (QED) is 0.790. The van der Waals surface area contributed by atoms with Crippen LogP contribution in [0.15, 0.2) is 4.90 Å². The molecule has 0 radical (unpaired) electrons. The van der Waals surface area contributed by atoms with Crippen molar-refractivity contribution in [2.24, 2.45) is 13.0 Å². The molecule has 7 heteroatoms. The van der Waals surface area contributed by atoms with Crippen LogP contribution in [-0.4, -0.2) is 36.0 Å². The molecule has 0 bridgehead atoms. The number of hydrogen-bond donors (Lipinski definition) is 2. The highest BCUT2D eigenvalue weighted by Crippen LogP contribution is 2.19. The minimum Gasteiger partial charge on any atom is -0.391 e. The van der Waals surface area contributed by atoms with E-state index in [1.165, 1.54) is 0 Å². The van der Waals surface area contributed by atoms with Crippen LogP contribution < -0.4 is 4.72 Å². The number of aliphatic hydroxyl groups excluding tert-OH is 1. The zero-order valence-corrected chi connectivity index (χ0v) is 13.7. The summed E-state index contributed by atoms with van der Waals surface area (Å²) < 4.78 is 28.7. The maximum atomic E-state index is 12.3. The number of sulfonamides is 1. The van der Waals surface area contributed by atoms with E-state index in [0.29, 0.717) is 11.4 Å². The average Bonchev–Trinajstić information content (AvgIpc) is 2.63. The molecule has 6 nitrogen and oxygen atoms in total. The molecule has 1 heterocycles. The molecule has 0 aromatic carbocycles. The molecule has 2 N–H and O–H groups in total. The van der Waals surface area contributed by atoms with Crippen LogP contribution in [0.4, 0.5) is 0 Å². The van der Waals surface area contributed by atoms with Crippen molar-refractivity contribution in [2.45, 2.75) is 51.5 Å². The summed E-state index contributed by atoms with van der Waals surface area (Å²) in [5, 5.41) is 14.1. The van der Waals surface area contributed by atoms with Crippen LogP contribution in [0.1, 0.15) is 38.1 Å². The zero-order valence-electron chi connectivity index (χ0n) is 12.8. The standard InChI is InChI=1S/C13H25N3O3S/c1-6-11(7-2)12(17)8-14-20(18,19)13-9(3)15-16(5)10(13)4/h11-12,14,17H,6-8H2,1-5H3. The van der Waals surface area contributed by atoms with Crippen molar-refractivity contribution in [3.05, 3.63) is 11.4 Å². The van der Waals surface area contributed by atoms with Crippen molar-refractivity contribution in [2.75, 3.05) is 6.54 Å². The Morgan fingerprint density at radius 2 is 1.85 bits per heavy atom. The van der Waals surface area contributed by atoms with Gasteiger partial charge in [0.2, 0.25) is 10.0 Å². The normalized spacial score (nSPS) is 13.9. The molecule has 116 valence electrons. The molecule has 0 aliphatic carbocycles. The second-order valence-corrected chi connectivity index (χ2v) is 6.82. The molecule has 0 amide bonds. The second kappa shape index (κ2) is 6.69. The fourth-order valence-corrected chi connectivity index (χ4v) is 3.90. The Morgan fingerprint density at radius 1 is 1.30 bits per heavy atom. The fraction of sp³-hybridized carbons (Fsp3) is 0.769. The van der Waals surface area contributed by atoms with E-state index in [4.69, 9.17) is 0 Å². The summed E-state index contributed by atoms with van der Waals surface area (Å²) in [5.74, 6) is 0.105. The zero-order chi connectivity index (χ0) is 15.5. The van der Waals surface area contributed by atoms with Gasteiger partial charge in [-0.2, -0.15) is 5.10 Å². The summed E-state index contributed by atoms with van der Waals surface area (Å²) in [7, 11) is -1.93. The summed E-state index contributed by atoms with van der Waals surface area (Å²) in [6.07, 6.45) is 0.978. The molecule has 1 aromatic heterocycles. The summed E-state index contributed by atoms with van der Waals surface area (Å²) >= 11 is 0. The molecule has 0 aliphatic rings. The van der Waals surface area contributed by atoms with Crippen molar-refractivity contribution in [1.82, 2.24) is 14.5 Å². The number of nitrogens with one attached hydrogen (secondary N) is 1. The predicted molar refractivity (Wildman–Crippen MR) is 77.9 cm³/mol. The van der Waals surface area contributed by atoms with E-state index in [1.54, 1.807) is 25.6 Å². The van der Waals surface area contributed by atoms with Gasteiger partial charge in [-0.1, -0.05) is 26.7 Å². The molecular weight excluding hydrogens is 278 g/mol. The molecule has 0 aliphatic heterocycles. The smallest absolute Gasteiger partial charge is 0.244 e. The first kappa shape index (κ1) is 17.1. The van der Waals surface area contributed by atoms with Gasteiger partial charge >= 0.3 is 0 Å². The number of aromatic nitrogens is 2. The Kier molecular flexibility index (Phi) is 5.73. The maximum absolute atomic E-state index is 12.3. The van der Waals surface area contributed by atoms with Gasteiger partial charge in [0.25, 0.3) is 0 Å². The molecule has 1 aromatic rings. The average molecular weight is 303 g/mol. The highest BCUT2D eigenvalue weighted by atomic mass is 32.2. The van der Waals surface area contributed by atoms with Gasteiger partial charge in [0.15, 0.2) is 0 Å². The SMILES string of the molecule is CCC(CC)C(O)CNS(=O)(=O)c1c(C)nn(C)c1C. The number of rotatable bonds is 7. The maximum Gasteiger partial charge on any atom is 0.244 e. The Bertz CT molecular complexity index is 547. The summed E-state index contributed by atoms with van der Waals surface area (Å²) in [4.78, 5) is 0.205. The first-order valence-electron chi connectivity index (χ1n) is 6.92. The lowest BCUT2D eigenvalue weighted by Gasteiger charge is -2.20. The number of nitrogens with zero attached hydrogens (tertiary/aromatic N) is 2. The molecular formula is C13H25N3O3S. The summed E-state index contributed by atoms with van der Waals surface area (Å²) in [6.45, 7) is 7.38. The van der Waals surface area contributed by atoms with Crippen LogP contribution >= 0.6 is 0 Å². The molecule has 1 unspecified atom stereocenters. The third kappa shape index (κ3) is 3.59. The Labute approximate surface area is 121 Å². The van der Waals surface area contributed by atoms with Gasteiger partial charge in [0, 0.05) is 13.6 Å². The van der Waals surface area contributed by atoms with Gasteiger partial charge in [-0.25, -0.2) is 13.1 Å². The second-order valence-electron chi connectivity index (χ2n) is 5.12. The van der Waals surface area contributed by atoms with Crippen LogP contribution in [0, 0.1) is 19.8 Å². The predicted octanol–water partition coefficient (Wildman–Crippen LogP) is 1.11. The minimum absolute atomic E-state index is 0.0302. The molecule has 0 saturated carbocycles. The van der Waals surface area contributed by atoms with Crippen molar-refractivity contribution in [3.8, 4) is 0 Å². The molecule has 1 rings (SSSR count). The van der Waals surface area contributed by atoms with Gasteiger partial charge in [-0.05, 0) is 19.8 Å². The molecule has 0 saturated heterocycles. The topological polar surface area (TPSA) is 84.2 Å². The molecule has 1 atom stereocenters. The first-order valence-corrected chi connectivity index (χ1v) is 8.40. The largest absolute Gasteiger partial charge is 0.391 e. The lowest BCUT2D eigenvalue weighted by molar-refractivity contribution is 0.107. The van der Waals surface area contributed by atoms with Gasteiger partial charge in [-0.3, -0.25) is 4.68 Å². The monoisotopic (exact) mass is 303 g/mol. The lowest BCUT2D eigenvalue weighted by atomic mass is 9.97. The number of hydrogen-bond acceptors (Lipinski definition) is 4. The molecule has 20 heavy (non-hydrogen) atoms. The summed E-state index contributed by atoms with van der Waals surface area (Å²) in [6, 6.07) is 0. The fourth-order valence-electron chi connectivity index (χ4n) is 2.41. The number of aliphatic hydroxyl groups is 1. The van der Waals surface area contributed by atoms with Gasteiger partial charge < -0.3 is 5.11 Å². The number of aryl methyl sites for hydroxylation is 2. The van der Waals surface area contributed by atoms with Crippen molar-refractivity contribution in [1.29, 1.82) is 0 Å². The van der Waals surface area contributed by atoms with Gasteiger partial charge in [0.05, 0.1) is 17.5 Å². The lowest BCUT2D eigenvalue weighted by Crippen LogP contribution is -2.36. The minimum atomic E-state index is -3.64. The van der Waals surface area contributed by atoms with Crippen LogP contribution in [0.2, 0.25) is 0 Å².